The van der Waals surface area contributed by atoms with Gasteiger partial charge in [-0.2, -0.15) is 0 Å². The van der Waals surface area contributed by atoms with Crippen LogP contribution in [-0.4, -0.2) is 69.8 Å². The second kappa shape index (κ2) is 12.5. The maximum atomic E-state index is 5.38. The number of anilines is 1. The van der Waals surface area contributed by atoms with Crippen LogP contribution in [0.5, 0.6) is 11.5 Å². The van der Waals surface area contributed by atoms with Crippen molar-refractivity contribution < 1.29 is 9.47 Å². The largest absolute Gasteiger partial charge is 0.493 e. The number of guanidine groups is 1. The summed E-state index contributed by atoms with van der Waals surface area (Å²) < 4.78 is 10.7. The van der Waals surface area contributed by atoms with Crippen LogP contribution in [0.3, 0.4) is 0 Å². The Morgan fingerprint density at radius 3 is 2.47 bits per heavy atom. The fourth-order valence-corrected chi connectivity index (χ4v) is 3.55. The number of hydrogen-bond acceptors (Lipinski definition) is 5. The quantitative estimate of drug-likeness (QED) is 0.260. The molecule has 1 fully saturated rings. The Morgan fingerprint density at radius 1 is 1.07 bits per heavy atom. The molecule has 1 aliphatic heterocycles. The van der Waals surface area contributed by atoms with E-state index < -0.39 is 0 Å². The predicted molar refractivity (Wildman–Crippen MR) is 133 cm³/mol. The number of nitrogens with zero attached hydrogens (tertiary/aromatic N) is 4. The van der Waals surface area contributed by atoms with Crippen LogP contribution in [0.4, 0.5) is 5.82 Å². The van der Waals surface area contributed by atoms with Crippen molar-refractivity contribution in [1.29, 1.82) is 0 Å². The molecule has 1 aromatic heterocycles. The number of piperazine rings is 1. The van der Waals surface area contributed by atoms with Gasteiger partial charge in [0.1, 0.15) is 5.82 Å². The minimum atomic E-state index is 0. The molecule has 0 saturated carbocycles. The third kappa shape index (κ3) is 6.38. The van der Waals surface area contributed by atoms with E-state index in [9.17, 15) is 0 Å². The van der Waals surface area contributed by atoms with E-state index in [1.54, 1.807) is 14.2 Å². The van der Waals surface area contributed by atoms with Gasteiger partial charge in [0.15, 0.2) is 17.5 Å². The molecule has 3 rings (SSSR count). The van der Waals surface area contributed by atoms with E-state index in [1.807, 2.05) is 37.5 Å². The Morgan fingerprint density at radius 2 is 1.83 bits per heavy atom. The van der Waals surface area contributed by atoms with Crippen LogP contribution >= 0.6 is 24.0 Å². The predicted octanol–water partition coefficient (Wildman–Crippen LogP) is 3.05. The molecule has 1 saturated heterocycles. The Labute approximate surface area is 196 Å². The molecule has 2 heterocycles. The number of nitrogens with one attached hydrogen (secondary N) is 1. The van der Waals surface area contributed by atoms with Crippen molar-refractivity contribution in [2.75, 3.05) is 58.9 Å². The number of hydrogen-bond donors (Lipinski definition) is 1. The lowest BCUT2D eigenvalue weighted by Gasteiger charge is -2.37. The molecule has 8 heteroatoms. The zero-order chi connectivity index (χ0) is 20.5. The average Bonchev–Trinajstić information content (AvgIpc) is 2.79. The van der Waals surface area contributed by atoms with Crippen molar-refractivity contribution >= 4 is 35.8 Å². The lowest BCUT2D eigenvalue weighted by molar-refractivity contribution is 0.354. The summed E-state index contributed by atoms with van der Waals surface area (Å²) in [4.78, 5) is 13.6. The number of halogens is 1. The number of aliphatic imine (C=N–C) groups is 1. The van der Waals surface area contributed by atoms with Crippen LogP contribution < -0.4 is 19.7 Å². The van der Waals surface area contributed by atoms with Gasteiger partial charge in [-0.25, -0.2) is 4.98 Å². The molecule has 1 aliphatic rings. The minimum Gasteiger partial charge on any atom is -0.493 e. The molecule has 0 aliphatic carbocycles. The number of aryl methyl sites for hydroxylation is 1. The monoisotopic (exact) mass is 525 g/mol. The molecule has 0 amide bonds. The van der Waals surface area contributed by atoms with Gasteiger partial charge < -0.3 is 24.6 Å². The van der Waals surface area contributed by atoms with Gasteiger partial charge in [-0.3, -0.25) is 4.99 Å². The average molecular weight is 525 g/mol. The molecule has 7 nitrogen and oxygen atoms in total. The Bertz CT molecular complexity index is 795. The molecular weight excluding hydrogens is 493 g/mol. The fourth-order valence-electron chi connectivity index (χ4n) is 3.55. The molecule has 2 aromatic rings. The van der Waals surface area contributed by atoms with Gasteiger partial charge in [0, 0.05) is 46.0 Å². The summed E-state index contributed by atoms with van der Waals surface area (Å²) in [5.74, 6) is 3.56. The molecule has 0 spiro atoms. The summed E-state index contributed by atoms with van der Waals surface area (Å²) in [5, 5.41) is 3.50. The van der Waals surface area contributed by atoms with E-state index in [-0.39, 0.29) is 24.0 Å². The Kier molecular flexibility index (Phi) is 9.99. The topological polar surface area (TPSA) is 62.2 Å². The van der Waals surface area contributed by atoms with Gasteiger partial charge in [-0.15, -0.1) is 24.0 Å². The molecule has 30 heavy (non-hydrogen) atoms. The zero-order valence-corrected chi connectivity index (χ0v) is 20.3. The summed E-state index contributed by atoms with van der Waals surface area (Å²) in [7, 11) is 5.17. The van der Waals surface area contributed by atoms with Crippen LogP contribution in [0.15, 0.2) is 47.6 Å². The van der Waals surface area contributed by atoms with Gasteiger partial charge in [0.2, 0.25) is 0 Å². The SMILES string of the molecule is CN=C(NCCCc1ccc(OC)c(OC)c1)N1CCN(c2ccccn2)CC1.I. The molecular formula is C22H32IN5O2. The number of methoxy groups -OCH3 is 2. The van der Waals surface area contributed by atoms with E-state index >= 15 is 0 Å². The number of rotatable bonds is 7. The standard InChI is InChI=1S/C22H31N5O2.HI/c1-23-22(27-15-13-26(14-16-27)21-8-4-5-11-24-21)25-12-6-7-18-9-10-19(28-2)20(17-18)29-3;/h4-5,8-11,17H,6-7,12-16H2,1-3H3,(H,23,25);1H. The summed E-state index contributed by atoms with van der Waals surface area (Å²) in [6, 6.07) is 12.1. The van der Waals surface area contributed by atoms with Crippen LogP contribution in [0.2, 0.25) is 0 Å². The molecule has 0 bridgehead atoms. The number of ether oxygens (including phenoxy) is 2. The van der Waals surface area contributed by atoms with E-state index in [1.165, 1.54) is 5.56 Å². The number of benzene rings is 1. The molecule has 0 radical (unpaired) electrons. The van der Waals surface area contributed by atoms with Crippen molar-refractivity contribution in [3.63, 3.8) is 0 Å². The lowest BCUT2D eigenvalue weighted by Crippen LogP contribution is -2.52. The first-order chi connectivity index (χ1) is 14.2. The highest BCUT2D eigenvalue weighted by Crippen LogP contribution is 2.27. The smallest absolute Gasteiger partial charge is 0.193 e. The third-order valence-electron chi connectivity index (χ3n) is 5.14. The van der Waals surface area contributed by atoms with Crippen LogP contribution in [0.1, 0.15) is 12.0 Å². The molecule has 0 atom stereocenters. The van der Waals surface area contributed by atoms with E-state index in [4.69, 9.17) is 9.47 Å². The number of pyridine rings is 1. The molecule has 0 unspecified atom stereocenters. The Balaban J connectivity index is 0.00000320. The van der Waals surface area contributed by atoms with Crippen LogP contribution in [0, 0.1) is 0 Å². The maximum absolute atomic E-state index is 5.38. The normalized spacial score (nSPS) is 14.2. The van der Waals surface area contributed by atoms with Crippen molar-refractivity contribution in [2.24, 2.45) is 4.99 Å². The van der Waals surface area contributed by atoms with E-state index in [2.05, 4.69) is 37.2 Å². The van der Waals surface area contributed by atoms with E-state index in [0.717, 1.165) is 68.8 Å². The summed E-state index contributed by atoms with van der Waals surface area (Å²) in [6.45, 7) is 4.64. The van der Waals surface area contributed by atoms with Crippen molar-refractivity contribution in [3.8, 4) is 11.5 Å². The van der Waals surface area contributed by atoms with Crippen LogP contribution in [0.25, 0.3) is 0 Å². The number of aromatic nitrogens is 1. The fraction of sp³-hybridized carbons (Fsp3) is 0.455. The second-order valence-electron chi connectivity index (χ2n) is 6.93. The van der Waals surface area contributed by atoms with Gasteiger partial charge in [0.05, 0.1) is 14.2 Å². The van der Waals surface area contributed by atoms with Crippen molar-refractivity contribution in [3.05, 3.63) is 48.2 Å². The summed E-state index contributed by atoms with van der Waals surface area (Å²) in [5.41, 5.74) is 1.24. The second-order valence-corrected chi connectivity index (χ2v) is 6.93. The first kappa shape index (κ1) is 24.0. The lowest BCUT2D eigenvalue weighted by atomic mass is 10.1. The highest BCUT2D eigenvalue weighted by molar-refractivity contribution is 14.0. The molecule has 164 valence electrons. The molecule has 1 aromatic carbocycles. The highest BCUT2D eigenvalue weighted by Gasteiger charge is 2.20. The van der Waals surface area contributed by atoms with Crippen molar-refractivity contribution in [2.45, 2.75) is 12.8 Å². The first-order valence-corrected chi connectivity index (χ1v) is 10.1. The molecule has 1 N–H and O–H groups in total. The van der Waals surface area contributed by atoms with Crippen molar-refractivity contribution in [1.82, 2.24) is 15.2 Å². The van der Waals surface area contributed by atoms with E-state index in [0.29, 0.717) is 0 Å². The Hall–Kier alpha value is -2.23. The van der Waals surface area contributed by atoms with Crippen LogP contribution in [-0.2, 0) is 6.42 Å². The minimum absolute atomic E-state index is 0. The van der Waals surface area contributed by atoms with Gasteiger partial charge in [-0.1, -0.05) is 12.1 Å². The maximum Gasteiger partial charge on any atom is 0.193 e. The summed E-state index contributed by atoms with van der Waals surface area (Å²) >= 11 is 0. The summed E-state index contributed by atoms with van der Waals surface area (Å²) in [6.07, 6.45) is 3.83. The third-order valence-corrected chi connectivity index (χ3v) is 5.14. The van der Waals surface area contributed by atoms with Gasteiger partial charge >= 0.3 is 0 Å². The van der Waals surface area contributed by atoms with Gasteiger partial charge in [-0.05, 0) is 42.7 Å². The highest BCUT2D eigenvalue weighted by atomic mass is 127. The first-order valence-electron chi connectivity index (χ1n) is 10.1. The van der Waals surface area contributed by atoms with Gasteiger partial charge in [0.25, 0.3) is 0 Å². The zero-order valence-electron chi connectivity index (χ0n) is 18.0.